The maximum Gasteiger partial charge on any atom is 0.492 e. The number of carbonyl (C=O) groups is 4. The number of ether oxygens (including phenoxy) is 4. The summed E-state index contributed by atoms with van der Waals surface area (Å²) in [6.07, 6.45) is -3.05. The minimum Gasteiger partial charge on any atom is -0.419 e. The molecule has 3 N–H and O–H groups in total. The third kappa shape index (κ3) is 10.9. The molecule has 0 bridgehead atoms. The molecular formula is C18H24O15P2. The zero-order chi connectivity index (χ0) is 27.9. The van der Waals surface area contributed by atoms with Crippen LogP contribution in [0.3, 0.4) is 0 Å². The molecule has 17 heteroatoms. The van der Waals surface area contributed by atoms with E-state index in [4.69, 9.17) is 28.7 Å². The van der Waals surface area contributed by atoms with Gasteiger partial charge in [-0.25, -0.2) is 32.8 Å². The van der Waals surface area contributed by atoms with Crippen molar-refractivity contribution in [2.45, 2.75) is 40.0 Å². The predicted molar refractivity (Wildman–Crippen MR) is 114 cm³/mol. The maximum absolute atomic E-state index is 12.3. The van der Waals surface area contributed by atoms with E-state index in [2.05, 4.69) is 35.2 Å². The number of phosphoric acid groups is 2. The van der Waals surface area contributed by atoms with Gasteiger partial charge in [0.2, 0.25) is 0 Å². The first kappa shape index (κ1) is 32.1. The van der Waals surface area contributed by atoms with E-state index in [1.807, 2.05) is 0 Å². The first-order chi connectivity index (χ1) is 15.6. The Bertz CT molecular complexity index is 981. The molecule has 2 unspecified atom stereocenters. The summed E-state index contributed by atoms with van der Waals surface area (Å²) >= 11 is 0. The van der Waals surface area contributed by atoms with E-state index in [-0.39, 0.29) is 0 Å². The summed E-state index contributed by atoms with van der Waals surface area (Å²) in [7, 11) is -11.7. The lowest BCUT2D eigenvalue weighted by Crippen LogP contribution is -2.56. The lowest BCUT2D eigenvalue weighted by atomic mass is 10.3. The van der Waals surface area contributed by atoms with Gasteiger partial charge in [-0.05, 0) is 27.7 Å². The van der Waals surface area contributed by atoms with Crippen molar-refractivity contribution in [3.05, 3.63) is 48.6 Å². The molecule has 0 aliphatic heterocycles. The van der Waals surface area contributed by atoms with E-state index >= 15 is 0 Å². The predicted octanol–water partition coefficient (Wildman–Crippen LogP) is 1.67. The van der Waals surface area contributed by atoms with Crippen LogP contribution in [0.4, 0.5) is 0 Å². The van der Waals surface area contributed by atoms with Crippen molar-refractivity contribution >= 4 is 39.5 Å². The van der Waals surface area contributed by atoms with Crippen molar-refractivity contribution in [1.29, 1.82) is 0 Å². The molecule has 0 aromatic heterocycles. The van der Waals surface area contributed by atoms with Crippen molar-refractivity contribution in [2.75, 3.05) is 0 Å². The highest BCUT2D eigenvalue weighted by atomic mass is 31.3. The summed E-state index contributed by atoms with van der Waals surface area (Å²) in [6.45, 7) is 17.3. The molecule has 0 aliphatic carbocycles. The Balaban J connectivity index is 7.14. The van der Waals surface area contributed by atoms with Crippen molar-refractivity contribution in [2.24, 2.45) is 0 Å². The molecule has 35 heavy (non-hydrogen) atoms. The second-order valence-corrected chi connectivity index (χ2v) is 9.56. The molecule has 0 amide bonds. The van der Waals surface area contributed by atoms with Gasteiger partial charge in [0.05, 0.1) is 0 Å². The number of phosphoric ester groups is 1. The molecule has 0 heterocycles. The standard InChI is InChI=1S/C18H24O15P2/c1-9(2)13(19)28-17(32-35(26,27)33-34(23,24)25)18(29-14(20)10(3)4,30-15(21)11(5)6)31-16(22)12(7)8/h17H,1,3,5,7H2,2,4,6,8H3,(H,26,27)(H2,23,24,25). The van der Waals surface area contributed by atoms with Crippen molar-refractivity contribution in [3.8, 4) is 0 Å². The zero-order valence-electron chi connectivity index (χ0n) is 19.0. The number of esters is 4. The second-order valence-electron chi connectivity index (χ2n) is 6.78. The molecule has 0 saturated carbocycles. The Morgan fingerprint density at radius 3 is 1.26 bits per heavy atom. The van der Waals surface area contributed by atoms with Gasteiger partial charge in [0, 0.05) is 22.3 Å². The van der Waals surface area contributed by atoms with Gasteiger partial charge in [-0.2, -0.15) is 4.31 Å². The topological polar surface area (TPSA) is 218 Å². The van der Waals surface area contributed by atoms with E-state index in [0.717, 1.165) is 27.7 Å². The van der Waals surface area contributed by atoms with Crippen molar-refractivity contribution in [1.82, 2.24) is 0 Å². The Labute approximate surface area is 199 Å². The van der Waals surface area contributed by atoms with Crippen LogP contribution in [0.1, 0.15) is 27.7 Å². The van der Waals surface area contributed by atoms with Gasteiger partial charge in [-0.1, -0.05) is 26.3 Å². The van der Waals surface area contributed by atoms with E-state index in [1.165, 1.54) is 0 Å². The van der Waals surface area contributed by atoms with E-state index in [9.17, 15) is 33.2 Å². The fourth-order valence-corrected chi connectivity index (χ4v) is 3.13. The molecule has 0 rings (SSSR count). The highest BCUT2D eigenvalue weighted by Gasteiger charge is 2.59. The third-order valence-electron chi connectivity index (χ3n) is 3.04. The van der Waals surface area contributed by atoms with Crippen LogP contribution in [0, 0.1) is 0 Å². The minimum atomic E-state index is -5.97. The largest absolute Gasteiger partial charge is 0.492 e. The number of hydrogen-bond donors (Lipinski definition) is 3. The SMILES string of the molecule is C=C(C)C(=O)OC(OP(=O)(O)OP(=O)(O)O)C(OC(=O)C(=C)C)(OC(=O)C(=C)C)OC(=O)C(=C)C. The monoisotopic (exact) mass is 542 g/mol. The number of rotatable bonds is 13. The third-order valence-corrected chi connectivity index (χ3v) is 5.17. The van der Waals surface area contributed by atoms with E-state index in [0.29, 0.717) is 0 Å². The van der Waals surface area contributed by atoms with Gasteiger partial charge in [0.25, 0.3) is 0 Å². The van der Waals surface area contributed by atoms with Gasteiger partial charge < -0.3 is 33.6 Å². The van der Waals surface area contributed by atoms with Crippen LogP contribution in [-0.4, -0.2) is 50.8 Å². The fourth-order valence-electron chi connectivity index (χ4n) is 1.49. The van der Waals surface area contributed by atoms with Crippen LogP contribution in [0.5, 0.6) is 0 Å². The molecular weight excluding hydrogens is 518 g/mol. The normalized spacial score (nSPS) is 13.9. The average molecular weight is 542 g/mol. The summed E-state index contributed by atoms with van der Waals surface area (Å²) in [4.78, 5) is 76.7. The Hall–Kier alpha value is -2.90. The average Bonchev–Trinajstić information content (AvgIpc) is 2.64. The minimum absolute atomic E-state index is 0.417. The fraction of sp³-hybridized carbons (Fsp3) is 0.333. The Morgan fingerprint density at radius 1 is 0.686 bits per heavy atom. The second kappa shape index (κ2) is 12.2. The zero-order valence-corrected chi connectivity index (χ0v) is 20.8. The van der Waals surface area contributed by atoms with Crippen molar-refractivity contribution in [3.63, 3.8) is 0 Å². The summed E-state index contributed by atoms with van der Waals surface area (Å²) in [5.74, 6) is -9.61. The lowest BCUT2D eigenvalue weighted by Gasteiger charge is -2.36. The van der Waals surface area contributed by atoms with Crippen LogP contribution in [0.2, 0.25) is 0 Å². The molecule has 0 saturated heterocycles. The van der Waals surface area contributed by atoms with Gasteiger partial charge in [-0.15, -0.1) is 0 Å². The van der Waals surface area contributed by atoms with Crippen LogP contribution in [0.15, 0.2) is 48.6 Å². The van der Waals surface area contributed by atoms with Crippen LogP contribution >= 0.6 is 15.6 Å². The van der Waals surface area contributed by atoms with Crippen LogP contribution in [-0.2, 0) is 56.1 Å². The van der Waals surface area contributed by atoms with Gasteiger partial charge in [0.1, 0.15) is 0 Å². The lowest BCUT2D eigenvalue weighted by molar-refractivity contribution is -0.391. The number of carbonyl (C=O) groups excluding carboxylic acids is 4. The summed E-state index contributed by atoms with van der Waals surface area (Å²) < 4.78 is 50.6. The summed E-state index contributed by atoms with van der Waals surface area (Å²) in [6, 6.07) is 0. The van der Waals surface area contributed by atoms with Crippen LogP contribution < -0.4 is 0 Å². The highest BCUT2D eigenvalue weighted by Crippen LogP contribution is 2.59. The molecule has 0 aromatic rings. The van der Waals surface area contributed by atoms with Gasteiger partial charge in [0.15, 0.2) is 0 Å². The summed E-state index contributed by atoms with van der Waals surface area (Å²) in [5.41, 5.74) is -1.68. The molecule has 15 nitrogen and oxygen atoms in total. The molecule has 196 valence electrons. The highest BCUT2D eigenvalue weighted by molar-refractivity contribution is 7.60. The number of hydrogen-bond acceptors (Lipinski definition) is 12. The first-order valence-electron chi connectivity index (χ1n) is 8.93. The van der Waals surface area contributed by atoms with Gasteiger partial charge >= 0.3 is 51.8 Å². The molecule has 0 spiro atoms. The van der Waals surface area contributed by atoms with E-state index < -0.39 is 74.1 Å². The molecule has 2 atom stereocenters. The van der Waals surface area contributed by atoms with Crippen LogP contribution in [0.25, 0.3) is 0 Å². The quantitative estimate of drug-likeness (QED) is 0.130. The molecule has 0 fully saturated rings. The maximum atomic E-state index is 12.3. The van der Waals surface area contributed by atoms with E-state index in [1.54, 1.807) is 0 Å². The van der Waals surface area contributed by atoms with Crippen molar-refractivity contribution < 1.29 is 70.8 Å². The smallest absolute Gasteiger partial charge is 0.419 e. The molecule has 0 radical (unpaired) electrons. The Kier molecular flexibility index (Phi) is 11.2. The molecule has 0 aliphatic rings. The van der Waals surface area contributed by atoms with Gasteiger partial charge in [-0.3, -0.25) is 0 Å². The molecule has 0 aromatic carbocycles. The summed E-state index contributed by atoms with van der Waals surface area (Å²) in [5, 5.41) is 0. The first-order valence-corrected chi connectivity index (χ1v) is 12.0. The Morgan fingerprint density at radius 2 is 1.00 bits per heavy atom.